The number of hydrogen-bond donors (Lipinski definition) is 0. The molecule has 0 N–H and O–H groups in total. The Morgan fingerprint density at radius 3 is 3.00 bits per heavy atom. The van der Waals surface area contributed by atoms with Crippen LogP contribution in [0.25, 0.3) is 11.0 Å². The Labute approximate surface area is 145 Å². The van der Waals surface area contributed by atoms with Crippen LogP contribution in [0.1, 0.15) is 30.9 Å². The largest absolute Gasteiger partial charge is 0.476 e. The van der Waals surface area contributed by atoms with Crippen LogP contribution >= 0.6 is 11.6 Å². The zero-order valence-electron chi connectivity index (χ0n) is 13.6. The molecule has 5 nitrogen and oxygen atoms in total. The minimum atomic E-state index is -0.333. The van der Waals surface area contributed by atoms with E-state index in [1.807, 2.05) is 13.0 Å². The van der Waals surface area contributed by atoms with Crippen LogP contribution in [0.2, 0.25) is 5.02 Å². The van der Waals surface area contributed by atoms with Crippen LogP contribution in [0.5, 0.6) is 5.75 Å². The SMILES string of the molecule is CCc1cc(=O)oc2c3c(c(Cl)cc12)OCN(C[C@@H]1CCCO1)C3. The average molecular weight is 350 g/mol. The van der Waals surface area contributed by atoms with Crippen LogP contribution in [-0.4, -0.2) is 30.9 Å². The van der Waals surface area contributed by atoms with E-state index in [4.69, 9.17) is 25.5 Å². The van der Waals surface area contributed by atoms with Gasteiger partial charge < -0.3 is 13.9 Å². The molecule has 24 heavy (non-hydrogen) atoms. The molecule has 0 spiro atoms. The van der Waals surface area contributed by atoms with E-state index in [-0.39, 0.29) is 11.7 Å². The molecule has 128 valence electrons. The van der Waals surface area contributed by atoms with Crippen LogP contribution < -0.4 is 10.4 Å². The maximum atomic E-state index is 11.9. The Balaban J connectivity index is 1.76. The van der Waals surface area contributed by atoms with Gasteiger partial charge >= 0.3 is 5.63 Å². The second kappa shape index (κ2) is 6.39. The second-order valence-corrected chi connectivity index (χ2v) is 6.81. The fourth-order valence-corrected chi connectivity index (χ4v) is 3.86. The van der Waals surface area contributed by atoms with E-state index in [1.54, 1.807) is 6.07 Å². The number of benzene rings is 1. The molecule has 0 aliphatic carbocycles. The Morgan fingerprint density at radius 1 is 1.38 bits per heavy atom. The molecule has 1 saturated heterocycles. The predicted molar refractivity (Wildman–Crippen MR) is 91.8 cm³/mol. The number of fused-ring (bicyclic) bond motifs is 3. The molecule has 4 rings (SSSR count). The van der Waals surface area contributed by atoms with E-state index in [0.29, 0.717) is 29.6 Å². The van der Waals surface area contributed by atoms with E-state index >= 15 is 0 Å². The van der Waals surface area contributed by atoms with Crippen molar-refractivity contribution in [2.45, 2.75) is 38.8 Å². The molecule has 2 aliphatic heterocycles. The molecule has 2 aromatic rings. The van der Waals surface area contributed by atoms with Gasteiger partial charge in [0.2, 0.25) is 0 Å². The third kappa shape index (κ3) is 2.81. The van der Waals surface area contributed by atoms with Crippen LogP contribution in [0.4, 0.5) is 0 Å². The normalized spacial score (nSPS) is 21.0. The molecule has 3 heterocycles. The number of aryl methyl sites for hydroxylation is 1. The first-order valence-corrected chi connectivity index (χ1v) is 8.78. The Bertz CT molecular complexity index is 826. The third-order valence-corrected chi connectivity index (χ3v) is 5.04. The summed E-state index contributed by atoms with van der Waals surface area (Å²) in [5, 5.41) is 1.46. The summed E-state index contributed by atoms with van der Waals surface area (Å²) in [5.41, 5.74) is 2.06. The highest BCUT2D eigenvalue weighted by Gasteiger charge is 2.27. The van der Waals surface area contributed by atoms with E-state index in [0.717, 1.165) is 48.9 Å². The fraction of sp³-hybridized carbons (Fsp3) is 0.500. The lowest BCUT2D eigenvalue weighted by atomic mass is 10.0. The number of hydrogen-bond acceptors (Lipinski definition) is 5. The average Bonchev–Trinajstić information content (AvgIpc) is 3.08. The van der Waals surface area contributed by atoms with Crippen LogP contribution in [0.15, 0.2) is 21.3 Å². The Kier molecular flexibility index (Phi) is 4.24. The molecule has 0 radical (unpaired) electrons. The van der Waals surface area contributed by atoms with Gasteiger partial charge in [-0.05, 0) is 30.9 Å². The van der Waals surface area contributed by atoms with Gasteiger partial charge in [0.25, 0.3) is 0 Å². The quantitative estimate of drug-likeness (QED) is 0.795. The monoisotopic (exact) mass is 349 g/mol. The van der Waals surface area contributed by atoms with Gasteiger partial charge in [0.15, 0.2) is 0 Å². The lowest BCUT2D eigenvalue weighted by Crippen LogP contribution is -2.37. The van der Waals surface area contributed by atoms with Crippen molar-refractivity contribution in [3.05, 3.63) is 38.7 Å². The highest BCUT2D eigenvalue weighted by Crippen LogP contribution is 2.39. The van der Waals surface area contributed by atoms with Gasteiger partial charge in [0.05, 0.1) is 16.7 Å². The predicted octanol–water partition coefficient (Wildman–Crippen LogP) is 3.34. The molecule has 2 aliphatic rings. The summed E-state index contributed by atoms with van der Waals surface area (Å²) >= 11 is 6.42. The molecule has 0 saturated carbocycles. The van der Waals surface area contributed by atoms with E-state index in [2.05, 4.69) is 4.90 Å². The number of ether oxygens (including phenoxy) is 2. The molecular weight excluding hydrogens is 330 g/mol. The van der Waals surface area contributed by atoms with Crippen molar-refractivity contribution < 1.29 is 13.9 Å². The van der Waals surface area contributed by atoms with Gasteiger partial charge in [-0.2, -0.15) is 0 Å². The number of nitrogens with zero attached hydrogens (tertiary/aromatic N) is 1. The minimum absolute atomic E-state index is 0.249. The molecule has 1 aromatic carbocycles. The summed E-state index contributed by atoms with van der Waals surface area (Å²) in [6.45, 7) is 4.77. The summed E-state index contributed by atoms with van der Waals surface area (Å²) < 4.78 is 17.1. The highest BCUT2D eigenvalue weighted by molar-refractivity contribution is 6.33. The summed E-state index contributed by atoms with van der Waals surface area (Å²) in [4.78, 5) is 14.1. The first kappa shape index (κ1) is 15.9. The number of rotatable bonds is 3. The van der Waals surface area contributed by atoms with Crippen LogP contribution in [-0.2, 0) is 17.7 Å². The molecule has 0 bridgehead atoms. The molecule has 0 amide bonds. The maximum absolute atomic E-state index is 11.9. The lowest BCUT2D eigenvalue weighted by Gasteiger charge is -2.31. The number of halogens is 1. The summed E-state index contributed by atoms with van der Waals surface area (Å²) in [7, 11) is 0. The maximum Gasteiger partial charge on any atom is 0.336 e. The zero-order valence-corrected chi connectivity index (χ0v) is 14.4. The van der Waals surface area contributed by atoms with Gasteiger partial charge in [-0.3, -0.25) is 4.90 Å². The molecule has 1 atom stereocenters. The smallest absolute Gasteiger partial charge is 0.336 e. The van der Waals surface area contributed by atoms with E-state index in [1.165, 1.54) is 0 Å². The Hall–Kier alpha value is -1.56. The van der Waals surface area contributed by atoms with Crippen molar-refractivity contribution in [3.8, 4) is 5.75 Å². The minimum Gasteiger partial charge on any atom is -0.476 e. The van der Waals surface area contributed by atoms with Gasteiger partial charge in [0.1, 0.15) is 18.1 Å². The Morgan fingerprint density at radius 2 is 2.25 bits per heavy atom. The first-order valence-electron chi connectivity index (χ1n) is 8.40. The van der Waals surface area contributed by atoms with Crippen molar-refractivity contribution in [1.82, 2.24) is 4.90 Å². The highest BCUT2D eigenvalue weighted by atomic mass is 35.5. The van der Waals surface area contributed by atoms with Crippen LogP contribution in [0, 0.1) is 0 Å². The van der Waals surface area contributed by atoms with E-state index < -0.39 is 0 Å². The van der Waals surface area contributed by atoms with Crippen molar-refractivity contribution in [2.75, 3.05) is 19.9 Å². The van der Waals surface area contributed by atoms with Crippen molar-refractivity contribution in [3.63, 3.8) is 0 Å². The summed E-state index contributed by atoms with van der Waals surface area (Å²) in [6, 6.07) is 3.38. The van der Waals surface area contributed by atoms with Gasteiger partial charge in [-0.25, -0.2) is 4.79 Å². The van der Waals surface area contributed by atoms with Crippen molar-refractivity contribution in [1.29, 1.82) is 0 Å². The molecule has 0 unspecified atom stereocenters. The topological polar surface area (TPSA) is 51.9 Å². The molecular formula is C18H20ClNO4. The second-order valence-electron chi connectivity index (χ2n) is 6.41. The standard InChI is InChI=1S/C18H20ClNO4/c1-2-11-6-16(21)24-17-13(11)7-15(19)18-14(17)9-20(10-23-18)8-12-4-3-5-22-12/h6-7,12H,2-5,8-10H2,1H3/t12-/m0/s1. The molecule has 1 fully saturated rings. The molecule has 1 aromatic heterocycles. The van der Waals surface area contributed by atoms with Gasteiger partial charge in [-0.15, -0.1) is 0 Å². The summed E-state index contributed by atoms with van der Waals surface area (Å²) in [5.74, 6) is 0.629. The zero-order chi connectivity index (χ0) is 16.7. The third-order valence-electron chi connectivity index (χ3n) is 4.76. The lowest BCUT2D eigenvalue weighted by molar-refractivity contribution is 0.0281. The van der Waals surface area contributed by atoms with Gasteiger partial charge in [-0.1, -0.05) is 18.5 Å². The first-order chi connectivity index (χ1) is 11.7. The summed E-state index contributed by atoms with van der Waals surface area (Å²) in [6.07, 6.45) is 3.19. The van der Waals surface area contributed by atoms with Crippen molar-refractivity contribution in [2.24, 2.45) is 0 Å². The van der Waals surface area contributed by atoms with Crippen LogP contribution in [0.3, 0.4) is 0 Å². The fourth-order valence-electron chi connectivity index (χ4n) is 3.58. The van der Waals surface area contributed by atoms with Crippen molar-refractivity contribution >= 4 is 22.6 Å². The van der Waals surface area contributed by atoms with Gasteiger partial charge in [0, 0.05) is 31.1 Å². The van der Waals surface area contributed by atoms with E-state index in [9.17, 15) is 4.79 Å². The molecule has 6 heteroatoms.